The second-order valence-corrected chi connectivity index (χ2v) is 7.44. The van der Waals surface area contributed by atoms with Gasteiger partial charge < -0.3 is 20.1 Å². The Morgan fingerprint density at radius 1 is 1.10 bits per heavy atom. The van der Waals surface area contributed by atoms with Crippen molar-refractivity contribution in [3.05, 3.63) is 71.8 Å². The molecule has 0 bridgehead atoms. The first-order valence-corrected chi connectivity index (χ1v) is 9.43. The molecule has 0 radical (unpaired) electrons. The Kier molecular flexibility index (Phi) is 8.34. The van der Waals surface area contributed by atoms with Gasteiger partial charge in [-0.05, 0) is 57.2 Å². The Morgan fingerprint density at radius 3 is 2.43 bits per heavy atom. The van der Waals surface area contributed by atoms with Gasteiger partial charge in [0.1, 0.15) is 18.0 Å². The van der Waals surface area contributed by atoms with E-state index in [4.69, 9.17) is 9.47 Å². The summed E-state index contributed by atoms with van der Waals surface area (Å²) in [6.45, 7) is 5.45. The molecule has 0 saturated heterocycles. The number of carbonyl (C=O) groups is 2. The van der Waals surface area contributed by atoms with Crippen LogP contribution >= 0.6 is 0 Å². The van der Waals surface area contributed by atoms with Gasteiger partial charge in [-0.15, -0.1) is 0 Å². The number of aromatic nitrogens is 1. The van der Waals surface area contributed by atoms with Gasteiger partial charge in [0.15, 0.2) is 0 Å². The maximum absolute atomic E-state index is 13.1. The van der Waals surface area contributed by atoms with Crippen LogP contribution in [0.25, 0.3) is 0 Å². The van der Waals surface area contributed by atoms with Gasteiger partial charge >= 0.3 is 6.09 Å². The molecule has 2 rings (SSSR count). The normalized spacial score (nSPS) is 11.5. The molecule has 0 atom stereocenters. The summed E-state index contributed by atoms with van der Waals surface area (Å²) in [5.41, 5.74) is 0.826. The molecule has 30 heavy (non-hydrogen) atoms. The van der Waals surface area contributed by atoms with Gasteiger partial charge in [0, 0.05) is 23.9 Å². The molecule has 2 amide bonds. The number of halogens is 1. The predicted octanol–water partition coefficient (Wildman–Crippen LogP) is 3.77. The fraction of sp³-hybridized carbons (Fsp3) is 0.318. The van der Waals surface area contributed by atoms with E-state index in [-0.39, 0.29) is 24.6 Å². The summed E-state index contributed by atoms with van der Waals surface area (Å²) in [5, 5.41) is 5.25. The van der Waals surface area contributed by atoms with E-state index in [1.807, 2.05) is 12.1 Å². The molecule has 0 saturated carbocycles. The molecule has 0 aliphatic carbocycles. The van der Waals surface area contributed by atoms with Gasteiger partial charge in [0.05, 0.1) is 18.6 Å². The highest BCUT2D eigenvalue weighted by atomic mass is 19.1. The molecule has 1 aromatic carbocycles. The lowest BCUT2D eigenvalue weighted by Crippen LogP contribution is -2.34. The van der Waals surface area contributed by atoms with Crippen molar-refractivity contribution >= 4 is 12.0 Å². The lowest BCUT2D eigenvalue weighted by Gasteiger charge is -2.20. The van der Waals surface area contributed by atoms with Crippen molar-refractivity contribution in [1.82, 2.24) is 15.6 Å². The van der Waals surface area contributed by atoms with Crippen molar-refractivity contribution in [2.45, 2.75) is 32.9 Å². The maximum atomic E-state index is 13.1. The highest BCUT2D eigenvalue weighted by Crippen LogP contribution is 2.14. The summed E-state index contributed by atoms with van der Waals surface area (Å²) in [6.07, 6.45) is 1.41. The minimum atomic E-state index is -0.636. The van der Waals surface area contributed by atoms with E-state index >= 15 is 0 Å². The molecule has 1 aromatic heterocycles. The summed E-state index contributed by atoms with van der Waals surface area (Å²) < 4.78 is 23.7. The zero-order valence-corrected chi connectivity index (χ0v) is 17.3. The molecule has 2 N–H and O–H groups in total. The minimum absolute atomic E-state index is 0.0422. The van der Waals surface area contributed by atoms with Crippen molar-refractivity contribution in [2.24, 2.45) is 0 Å². The highest BCUT2D eigenvalue weighted by Gasteiger charge is 2.16. The fourth-order valence-corrected chi connectivity index (χ4v) is 2.28. The van der Waals surface area contributed by atoms with Crippen molar-refractivity contribution in [1.29, 1.82) is 0 Å². The molecule has 7 nitrogen and oxygen atoms in total. The van der Waals surface area contributed by atoms with Gasteiger partial charge in [0.2, 0.25) is 0 Å². The summed E-state index contributed by atoms with van der Waals surface area (Å²) in [4.78, 5) is 28.0. The van der Waals surface area contributed by atoms with Gasteiger partial charge in [-0.3, -0.25) is 9.78 Å². The van der Waals surface area contributed by atoms with E-state index in [0.29, 0.717) is 24.2 Å². The van der Waals surface area contributed by atoms with Crippen LogP contribution in [-0.4, -0.2) is 35.7 Å². The third kappa shape index (κ3) is 8.30. The topological polar surface area (TPSA) is 89.5 Å². The van der Waals surface area contributed by atoms with E-state index in [1.165, 1.54) is 0 Å². The third-order valence-electron chi connectivity index (χ3n) is 3.71. The largest absolute Gasteiger partial charge is 0.489 e. The second-order valence-electron chi connectivity index (χ2n) is 7.44. The number of amides is 2. The van der Waals surface area contributed by atoms with Crippen molar-refractivity contribution in [3.8, 4) is 5.75 Å². The van der Waals surface area contributed by atoms with Crippen LogP contribution in [0, 0.1) is 0 Å². The Hall–Kier alpha value is -3.42. The van der Waals surface area contributed by atoms with Crippen molar-refractivity contribution in [3.63, 3.8) is 0 Å². The molecule has 0 fully saturated rings. The summed E-state index contributed by atoms with van der Waals surface area (Å²) >= 11 is 0. The number of nitrogens with zero attached hydrogens (tertiary/aromatic N) is 1. The van der Waals surface area contributed by atoms with Gasteiger partial charge in [-0.2, -0.15) is 0 Å². The molecular weight excluding hydrogens is 389 g/mol. The number of hydrogen-bond acceptors (Lipinski definition) is 5. The number of alkyl carbamates (subject to hydrolysis) is 1. The lowest BCUT2D eigenvalue weighted by atomic mass is 10.2. The molecule has 0 spiro atoms. The van der Waals surface area contributed by atoms with E-state index < -0.39 is 11.7 Å². The standard InChI is InChI=1S/C22H26FN3O4/c1-22(2,3)30-21(28)26-13-16(12-23)15-29-19-9-7-17(8-10-19)20(27)25-14-18-6-4-5-11-24-18/h4-12H,13-15H2,1-3H3,(H,25,27)(H,26,28)/b16-12-. The van der Waals surface area contributed by atoms with Crippen LogP contribution in [0.2, 0.25) is 0 Å². The van der Waals surface area contributed by atoms with E-state index in [9.17, 15) is 14.0 Å². The zero-order chi connectivity index (χ0) is 22.0. The van der Waals surface area contributed by atoms with E-state index in [0.717, 1.165) is 5.69 Å². The fourth-order valence-electron chi connectivity index (χ4n) is 2.28. The number of nitrogens with one attached hydrogen (secondary N) is 2. The molecule has 0 aliphatic rings. The predicted molar refractivity (Wildman–Crippen MR) is 111 cm³/mol. The van der Waals surface area contributed by atoms with Crippen LogP contribution in [0.3, 0.4) is 0 Å². The SMILES string of the molecule is CC(C)(C)OC(=O)NC/C(=C/F)COc1ccc(C(=O)NCc2ccccn2)cc1. The van der Waals surface area contributed by atoms with Gasteiger partial charge in [-0.25, -0.2) is 9.18 Å². The average molecular weight is 415 g/mol. The summed E-state index contributed by atoms with van der Waals surface area (Å²) in [6, 6.07) is 11.9. The number of pyridine rings is 1. The highest BCUT2D eigenvalue weighted by molar-refractivity contribution is 5.94. The molecule has 2 aromatic rings. The summed E-state index contributed by atoms with van der Waals surface area (Å²) in [5.74, 6) is 0.228. The zero-order valence-electron chi connectivity index (χ0n) is 17.3. The number of rotatable bonds is 8. The van der Waals surface area contributed by atoms with Crippen LogP contribution in [0.15, 0.2) is 60.6 Å². The Morgan fingerprint density at radius 2 is 1.83 bits per heavy atom. The van der Waals surface area contributed by atoms with Crippen molar-refractivity contribution in [2.75, 3.05) is 13.2 Å². The Labute approximate surface area is 175 Å². The number of hydrogen-bond donors (Lipinski definition) is 2. The number of carbonyl (C=O) groups excluding carboxylic acids is 2. The van der Waals surface area contributed by atoms with Crippen LogP contribution in [0.4, 0.5) is 9.18 Å². The van der Waals surface area contributed by atoms with Gasteiger partial charge in [0.25, 0.3) is 5.91 Å². The second kappa shape index (κ2) is 10.9. The minimum Gasteiger partial charge on any atom is -0.489 e. The summed E-state index contributed by atoms with van der Waals surface area (Å²) in [7, 11) is 0. The van der Waals surface area contributed by atoms with E-state index in [1.54, 1.807) is 57.3 Å². The molecule has 8 heteroatoms. The third-order valence-corrected chi connectivity index (χ3v) is 3.71. The molecule has 0 aliphatic heterocycles. The van der Waals surface area contributed by atoms with Crippen LogP contribution in [0.5, 0.6) is 5.75 Å². The van der Waals surface area contributed by atoms with E-state index in [2.05, 4.69) is 15.6 Å². The lowest BCUT2D eigenvalue weighted by molar-refractivity contribution is 0.0531. The number of ether oxygens (including phenoxy) is 2. The number of benzene rings is 1. The molecule has 1 heterocycles. The maximum Gasteiger partial charge on any atom is 0.407 e. The quantitative estimate of drug-likeness (QED) is 0.685. The van der Waals surface area contributed by atoms with Gasteiger partial charge in [-0.1, -0.05) is 6.07 Å². The average Bonchev–Trinajstić information content (AvgIpc) is 2.72. The molecule has 160 valence electrons. The Bertz CT molecular complexity index is 862. The monoisotopic (exact) mass is 415 g/mol. The van der Waals surface area contributed by atoms with Crippen molar-refractivity contribution < 1.29 is 23.5 Å². The van der Waals surface area contributed by atoms with Crippen LogP contribution < -0.4 is 15.4 Å². The first-order valence-electron chi connectivity index (χ1n) is 9.43. The first-order chi connectivity index (χ1) is 14.3. The smallest absolute Gasteiger partial charge is 0.407 e. The molecular formula is C22H26FN3O4. The van der Waals surface area contributed by atoms with Crippen LogP contribution in [-0.2, 0) is 11.3 Å². The van der Waals surface area contributed by atoms with Crippen LogP contribution in [0.1, 0.15) is 36.8 Å². The molecule has 0 unspecified atom stereocenters. The Balaban J connectivity index is 1.79. The first kappa shape index (κ1) is 22.9.